The van der Waals surface area contributed by atoms with Gasteiger partial charge in [-0.05, 0) is 26.3 Å². The molecule has 0 saturated heterocycles. The summed E-state index contributed by atoms with van der Waals surface area (Å²) in [6, 6.07) is 0. The van der Waals surface area contributed by atoms with Crippen LogP contribution in [0.3, 0.4) is 0 Å². The lowest BCUT2D eigenvalue weighted by Gasteiger charge is -2.28. The summed E-state index contributed by atoms with van der Waals surface area (Å²) in [5.41, 5.74) is -0.232. The smallest absolute Gasteiger partial charge is 0.0700 e. The van der Waals surface area contributed by atoms with E-state index in [4.69, 9.17) is 14.2 Å². The molecule has 0 rings (SSSR count). The molecule has 0 aliphatic heterocycles. The molecule has 1 unspecified atom stereocenters. The van der Waals surface area contributed by atoms with Crippen molar-refractivity contribution in [2.24, 2.45) is 0 Å². The summed E-state index contributed by atoms with van der Waals surface area (Å²) in [4.78, 5) is 0. The standard InChI is InChI=1S/C13H29NO4/c1-4-14-13(2,12-15)6-9-17-7-5-8-18-11-10-16-3/h14-15H,4-12H2,1-3H3. The first-order valence-electron chi connectivity index (χ1n) is 6.69. The summed E-state index contributed by atoms with van der Waals surface area (Å²) in [6.45, 7) is 8.35. The lowest BCUT2D eigenvalue weighted by atomic mass is 10.00. The van der Waals surface area contributed by atoms with Crippen molar-refractivity contribution in [1.29, 1.82) is 0 Å². The van der Waals surface area contributed by atoms with Gasteiger partial charge in [0.15, 0.2) is 0 Å². The molecule has 0 aliphatic rings. The van der Waals surface area contributed by atoms with E-state index in [2.05, 4.69) is 5.32 Å². The fourth-order valence-corrected chi connectivity index (χ4v) is 1.56. The molecule has 18 heavy (non-hydrogen) atoms. The second-order valence-electron chi connectivity index (χ2n) is 4.57. The van der Waals surface area contributed by atoms with E-state index in [1.165, 1.54) is 0 Å². The Morgan fingerprint density at radius 3 is 2.28 bits per heavy atom. The molecular weight excluding hydrogens is 234 g/mol. The van der Waals surface area contributed by atoms with Gasteiger partial charge < -0.3 is 24.6 Å². The molecule has 0 aromatic carbocycles. The number of likely N-dealkylation sites (N-methyl/N-ethyl adjacent to an activating group) is 1. The molecule has 5 nitrogen and oxygen atoms in total. The van der Waals surface area contributed by atoms with E-state index in [0.29, 0.717) is 33.0 Å². The van der Waals surface area contributed by atoms with Crippen LogP contribution in [0.1, 0.15) is 26.7 Å². The van der Waals surface area contributed by atoms with Crippen molar-refractivity contribution in [1.82, 2.24) is 5.32 Å². The monoisotopic (exact) mass is 263 g/mol. The van der Waals surface area contributed by atoms with Crippen LogP contribution in [0.4, 0.5) is 0 Å². The van der Waals surface area contributed by atoms with Crippen LogP contribution in [0.2, 0.25) is 0 Å². The average molecular weight is 263 g/mol. The molecule has 5 heteroatoms. The summed E-state index contributed by atoms with van der Waals surface area (Å²) < 4.78 is 15.7. The molecule has 0 aromatic rings. The summed E-state index contributed by atoms with van der Waals surface area (Å²) in [5, 5.41) is 12.6. The molecular formula is C13H29NO4. The fourth-order valence-electron chi connectivity index (χ4n) is 1.56. The minimum Gasteiger partial charge on any atom is -0.394 e. The van der Waals surface area contributed by atoms with E-state index in [1.807, 2.05) is 13.8 Å². The molecule has 2 N–H and O–H groups in total. The fraction of sp³-hybridized carbons (Fsp3) is 1.00. The highest BCUT2D eigenvalue weighted by molar-refractivity contribution is 4.81. The zero-order chi connectivity index (χ0) is 13.7. The largest absolute Gasteiger partial charge is 0.394 e. The van der Waals surface area contributed by atoms with Crippen molar-refractivity contribution in [3.8, 4) is 0 Å². The average Bonchev–Trinajstić information content (AvgIpc) is 2.37. The Morgan fingerprint density at radius 2 is 1.72 bits per heavy atom. The Morgan fingerprint density at radius 1 is 1.06 bits per heavy atom. The van der Waals surface area contributed by atoms with Gasteiger partial charge >= 0.3 is 0 Å². The molecule has 0 aliphatic carbocycles. The van der Waals surface area contributed by atoms with Crippen molar-refractivity contribution < 1.29 is 19.3 Å². The van der Waals surface area contributed by atoms with E-state index < -0.39 is 0 Å². The van der Waals surface area contributed by atoms with Gasteiger partial charge in [-0.3, -0.25) is 0 Å². The first kappa shape index (κ1) is 17.8. The van der Waals surface area contributed by atoms with Crippen LogP contribution in [0.25, 0.3) is 0 Å². The number of rotatable bonds is 13. The number of aliphatic hydroxyl groups excluding tert-OH is 1. The van der Waals surface area contributed by atoms with Crippen molar-refractivity contribution in [3.05, 3.63) is 0 Å². The van der Waals surface area contributed by atoms with Crippen molar-refractivity contribution >= 4 is 0 Å². The number of nitrogens with one attached hydrogen (secondary N) is 1. The minimum absolute atomic E-state index is 0.129. The Labute approximate surface area is 111 Å². The molecule has 0 saturated carbocycles. The zero-order valence-electron chi connectivity index (χ0n) is 12.0. The number of hydrogen-bond donors (Lipinski definition) is 2. The van der Waals surface area contributed by atoms with Gasteiger partial charge in [0.1, 0.15) is 0 Å². The number of hydrogen-bond acceptors (Lipinski definition) is 5. The van der Waals surface area contributed by atoms with E-state index >= 15 is 0 Å². The first-order chi connectivity index (χ1) is 8.68. The predicted octanol–water partition coefficient (Wildman–Crippen LogP) is 0.807. The summed E-state index contributed by atoms with van der Waals surface area (Å²) >= 11 is 0. The second-order valence-corrected chi connectivity index (χ2v) is 4.57. The van der Waals surface area contributed by atoms with E-state index in [-0.39, 0.29) is 12.1 Å². The summed E-state index contributed by atoms with van der Waals surface area (Å²) in [7, 11) is 1.66. The van der Waals surface area contributed by atoms with Crippen LogP contribution in [0, 0.1) is 0 Å². The lowest BCUT2D eigenvalue weighted by molar-refractivity contribution is 0.0445. The highest BCUT2D eigenvalue weighted by atomic mass is 16.5. The van der Waals surface area contributed by atoms with Crippen LogP contribution in [0.5, 0.6) is 0 Å². The summed E-state index contributed by atoms with van der Waals surface area (Å²) in [6.07, 6.45) is 1.70. The molecule has 0 bridgehead atoms. The quantitative estimate of drug-likeness (QED) is 0.482. The highest BCUT2D eigenvalue weighted by Crippen LogP contribution is 2.08. The number of methoxy groups -OCH3 is 1. The molecule has 0 heterocycles. The Hall–Kier alpha value is -0.200. The molecule has 1 atom stereocenters. The van der Waals surface area contributed by atoms with Crippen molar-refractivity contribution in [2.75, 3.05) is 53.3 Å². The maximum absolute atomic E-state index is 9.29. The van der Waals surface area contributed by atoms with Gasteiger partial charge in [-0.25, -0.2) is 0 Å². The van der Waals surface area contributed by atoms with Gasteiger partial charge in [0.25, 0.3) is 0 Å². The maximum Gasteiger partial charge on any atom is 0.0700 e. The molecule has 0 amide bonds. The molecule has 0 aromatic heterocycles. The Kier molecular flexibility index (Phi) is 11.7. The second kappa shape index (κ2) is 11.9. The third-order valence-electron chi connectivity index (χ3n) is 2.76. The van der Waals surface area contributed by atoms with Gasteiger partial charge in [-0.15, -0.1) is 0 Å². The third kappa shape index (κ3) is 9.79. The van der Waals surface area contributed by atoms with Crippen LogP contribution in [-0.4, -0.2) is 63.9 Å². The molecule has 0 radical (unpaired) electrons. The highest BCUT2D eigenvalue weighted by Gasteiger charge is 2.20. The van der Waals surface area contributed by atoms with Crippen molar-refractivity contribution in [3.63, 3.8) is 0 Å². The van der Waals surface area contributed by atoms with Gasteiger partial charge in [0.05, 0.1) is 19.8 Å². The first-order valence-corrected chi connectivity index (χ1v) is 6.69. The van der Waals surface area contributed by atoms with E-state index in [1.54, 1.807) is 7.11 Å². The topological polar surface area (TPSA) is 60.0 Å². The summed E-state index contributed by atoms with van der Waals surface area (Å²) in [5.74, 6) is 0. The number of aliphatic hydroxyl groups is 1. The Balaban J connectivity index is 3.33. The normalized spacial score (nSPS) is 14.7. The third-order valence-corrected chi connectivity index (χ3v) is 2.76. The number of ether oxygens (including phenoxy) is 3. The maximum atomic E-state index is 9.29. The van der Waals surface area contributed by atoms with E-state index in [0.717, 1.165) is 19.4 Å². The van der Waals surface area contributed by atoms with Gasteiger partial charge in [-0.1, -0.05) is 6.92 Å². The van der Waals surface area contributed by atoms with E-state index in [9.17, 15) is 5.11 Å². The minimum atomic E-state index is -0.232. The van der Waals surface area contributed by atoms with Gasteiger partial charge in [0, 0.05) is 32.5 Å². The zero-order valence-corrected chi connectivity index (χ0v) is 12.0. The predicted molar refractivity (Wildman–Crippen MR) is 71.9 cm³/mol. The van der Waals surface area contributed by atoms with Crippen LogP contribution < -0.4 is 5.32 Å². The van der Waals surface area contributed by atoms with Crippen LogP contribution in [-0.2, 0) is 14.2 Å². The van der Waals surface area contributed by atoms with Crippen LogP contribution in [0.15, 0.2) is 0 Å². The SMILES string of the molecule is CCNC(C)(CO)CCOCCCOCCOC. The van der Waals surface area contributed by atoms with Crippen LogP contribution >= 0.6 is 0 Å². The van der Waals surface area contributed by atoms with Gasteiger partial charge in [0.2, 0.25) is 0 Å². The molecule has 0 spiro atoms. The van der Waals surface area contributed by atoms with Crippen molar-refractivity contribution in [2.45, 2.75) is 32.2 Å². The lowest BCUT2D eigenvalue weighted by Crippen LogP contribution is -2.46. The molecule has 0 fully saturated rings. The van der Waals surface area contributed by atoms with Gasteiger partial charge in [-0.2, -0.15) is 0 Å². The Bertz CT molecular complexity index is 180. The molecule has 110 valence electrons.